The van der Waals surface area contributed by atoms with Crippen LogP contribution in [0.25, 0.3) is 0 Å². The minimum Gasteiger partial charge on any atom is -0.352 e. The third-order valence-electron chi connectivity index (χ3n) is 4.03. The molecular formula is C13H21N5. The number of nitrogens with one attached hydrogen (secondary N) is 1. The second kappa shape index (κ2) is 4.82. The van der Waals surface area contributed by atoms with Crippen molar-refractivity contribution in [3.63, 3.8) is 0 Å². The zero-order chi connectivity index (χ0) is 12.5. The molecule has 2 aliphatic heterocycles. The highest BCUT2D eigenvalue weighted by molar-refractivity contribution is 5.41. The summed E-state index contributed by atoms with van der Waals surface area (Å²) in [6, 6.07) is 0.704. The van der Waals surface area contributed by atoms with Crippen molar-refractivity contribution in [2.24, 2.45) is 0 Å². The van der Waals surface area contributed by atoms with Crippen LogP contribution >= 0.6 is 0 Å². The number of hydrogen-bond acceptors (Lipinski definition) is 5. The summed E-state index contributed by atoms with van der Waals surface area (Å²) in [6.07, 6.45) is 1.90. The monoisotopic (exact) mass is 247 g/mol. The molecule has 5 heteroatoms. The van der Waals surface area contributed by atoms with Crippen molar-refractivity contribution in [1.82, 2.24) is 20.2 Å². The van der Waals surface area contributed by atoms with E-state index in [0.717, 1.165) is 43.4 Å². The molecule has 0 spiro atoms. The fourth-order valence-corrected chi connectivity index (χ4v) is 2.60. The maximum Gasteiger partial charge on any atom is 0.147 e. The lowest BCUT2D eigenvalue weighted by Crippen LogP contribution is -2.63. The minimum absolute atomic E-state index is 0.704. The van der Waals surface area contributed by atoms with Gasteiger partial charge in [0.15, 0.2) is 0 Å². The molecule has 18 heavy (non-hydrogen) atoms. The smallest absolute Gasteiger partial charge is 0.147 e. The van der Waals surface area contributed by atoms with Gasteiger partial charge >= 0.3 is 0 Å². The molecule has 0 aromatic carbocycles. The number of hydrogen-bond donors (Lipinski definition) is 1. The molecule has 0 bridgehead atoms. The molecule has 2 aliphatic rings. The maximum atomic E-state index is 4.61. The molecule has 0 aliphatic carbocycles. The molecule has 1 aromatic heterocycles. The maximum absolute atomic E-state index is 4.61. The molecule has 3 rings (SSSR count). The second-order valence-electron chi connectivity index (χ2n) is 5.24. The molecular weight excluding hydrogens is 226 g/mol. The molecule has 3 heterocycles. The van der Waals surface area contributed by atoms with Crippen molar-refractivity contribution in [3.05, 3.63) is 17.6 Å². The summed E-state index contributed by atoms with van der Waals surface area (Å²) in [5.74, 6) is 1.03. The van der Waals surface area contributed by atoms with Crippen molar-refractivity contribution in [3.8, 4) is 0 Å². The molecule has 0 amide bonds. The van der Waals surface area contributed by atoms with Gasteiger partial charge < -0.3 is 10.2 Å². The standard InChI is InChI=1S/C13H21N5/c1-10-11(2)16-13(7-15-10)18-8-12(9-18)17-5-3-14-4-6-17/h7,12,14H,3-6,8-9H2,1-2H3. The van der Waals surface area contributed by atoms with Crippen LogP contribution in [0.5, 0.6) is 0 Å². The first-order valence-corrected chi connectivity index (χ1v) is 6.74. The third-order valence-corrected chi connectivity index (χ3v) is 4.03. The predicted molar refractivity (Wildman–Crippen MR) is 71.9 cm³/mol. The SMILES string of the molecule is Cc1ncc(N2CC(N3CCNCC3)C2)nc1C. The fourth-order valence-electron chi connectivity index (χ4n) is 2.60. The highest BCUT2D eigenvalue weighted by Crippen LogP contribution is 2.22. The fraction of sp³-hybridized carbons (Fsp3) is 0.692. The van der Waals surface area contributed by atoms with Gasteiger partial charge in [0.2, 0.25) is 0 Å². The van der Waals surface area contributed by atoms with Gasteiger partial charge in [-0.1, -0.05) is 0 Å². The van der Waals surface area contributed by atoms with Gasteiger partial charge in [-0.2, -0.15) is 0 Å². The van der Waals surface area contributed by atoms with E-state index in [1.807, 2.05) is 20.0 Å². The number of aryl methyl sites for hydroxylation is 2. The number of aromatic nitrogens is 2. The van der Waals surface area contributed by atoms with Gasteiger partial charge in [0.25, 0.3) is 0 Å². The lowest BCUT2D eigenvalue weighted by atomic mass is 10.1. The van der Waals surface area contributed by atoms with Crippen LogP contribution in [0.3, 0.4) is 0 Å². The van der Waals surface area contributed by atoms with Gasteiger partial charge in [-0.15, -0.1) is 0 Å². The predicted octanol–water partition coefficient (Wildman–Crippen LogP) is 0.187. The van der Waals surface area contributed by atoms with E-state index in [1.165, 1.54) is 13.1 Å². The molecule has 5 nitrogen and oxygen atoms in total. The Labute approximate surface area is 108 Å². The Morgan fingerprint density at radius 1 is 1.17 bits per heavy atom. The Bertz CT molecular complexity index is 421. The Morgan fingerprint density at radius 2 is 1.89 bits per heavy atom. The molecule has 98 valence electrons. The van der Waals surface area contributed by atoms with E-state index in [9.17, 15) is 0 Å². The molecule has 1 N–H and O–H groups in total. The van der Waals surface area contributed by atoms with E-state index in [0.29, 0.717) is 6.04 Å². The van der Waals surface area contributed by atoms with E-state index in [2.05, 4.69) is 25.1 Å². The second-order valence-corrected chi connectivity index (χ2v) is 5.24. The average Bonchev–Trinajstić information content (AvgIpc) is 2.33. The van der Waals surface area contributed by atoms with E-state index >= 15 is 0 Å². The lowest BCUT2D eigenvalue weighted by Gasteiger charge is -2.47. The van der Waals surface area contributed by atoms with Crippen LogP contribution in [0.1, 0.15) is 11.4 Å². The van der Waals surface area contributed by atoms with Crippen molar-refractivity contribution in [1.29, 1.82) is 0 Å². The van der Waals surface area contributed by atoms with Crippen molar-refractivity contribution < 1.29 is 0 Å². The van der Waals surface area contributed by atoms with Gasteiger partial charge in [0.1, 0.15) is 5.82 Å². The topological polar surface area (TPSA) is 44.3 Å². The number of anilines is 1. The summed E-state index contributed by atoms with van der Waals surface area (Å²) in [6.45, 7) is 10.8. The van der Waals surface area contributed by atoms with Crippen LogP contribution in [0, 0.1) is 13.8 Å². The minimum atomic E-state index is 0.704. The summed E-state index contributed by atoms with van der Waals surface area (Å²) in [5.41, 5.74) is 2.07. The molecule has 1 aromatic rings. The van der Waals surface area contributed by atoms with Crippen LogP contribution in [0.4, 0.5) is 5.82 Å². The molecule has 0 radical (unpaired) electrons. The average molecular weight is 247 g/mol. The summed E-state index contributed by atoms with van der Waals surface area (Å²) >= 11 is 0. The van der Waals surface area contributed by atoms with Gasteiger partial charge in [0, 0.05) is 45.3 Å². The zero-order valence-corrected chi connectivity index (χ0v) is 11.2. The van der Waals surface area contributed by atoms with E-state index in [4.69, 9.17) is 0 Å². The van der Waals surface area contributed by atoms with E-state index < -0.39 is 0 Å². The van der Waals surface area contributed by atoms with Crippen LogP contribution in [-0.4, -0.2) is 60.2 Å². The highest BCUT2D eigenvalue weighted by atomic mass is 15.3. The first kappa shape index (κ1) is 11.9. The molecule has 2 fully saturated rings. The zero-order valence-electron chi connectivity index (χ0n) is 11.2. The molecule has 2 saturated heterocycles. The van der Waals surface area contributed by atoms with Gasteiger partial charge in [0.05, 0.1) is 17.6 Å². The van der Waals surface area contributed by atoms with Gasteiger partial charge in [-0.05, 0) is 13.8 Å². The van der Waals surface area contributed by atoms with Crippen LogP contribution in [0.15, 0.2) is 6.20 Å². The van der Waals surface area contributed by atoms with Gasteiger partial charge in [-0.25, -0.2) is 4.98 Å². The van der Waals surface area contributed by atoms with Crippen LogP contribution in [-0.2, 0) is 0 Å². The Morgan fingerprint density at radius 3 is 2.56 bits per heavy atom. The summed E-state index contributed by atoms with van der Waals surface area (Å²) in [7, 11) is 0. The van der Waals surface area contributed by atoms with E-state index in [-0.39, 0.29) is 0 Å². The quantitative estimate of drug-likeness (QED) is 0.808. The van der Waals surface area contributed by atoms with Crippen molar-refractivity contribution >= 4 is 5.82 Å². The largest absolute Gasteiger partial charge is 0.352 e. The molecule has 0 unspecified atom stereocenters. The van der Waals surface area contributed by atoms with E-state index in [1.54, 1.807) is 0 Å². The van der Waals surface area contributed by atoms with Gasteiger partial charge in [-0.3, -0.25) is 9.88 Å². The summed E-state index contributed by atoms with van der Waals surface area (Å²) in [5, 5.41) is 3.40. The Balaban J connectivity index is 1.59. The number of nitrogens with zero attached hydrogens (tertiary/aromatic N) is 4. The molecule has 0 atom stereocenters. The normalized spacial score (nSPS) is 22.0. The third kappa shape index (κ3) is 2.20. The van der Waals surface area contributed by atoms with Crippen molar-refractivity contribution in [2.45, 2.75) is 19.9 Å². The lowest BCUT2D eigenvalue weighted by molar-refractivity contribution is 0.147. The first-order valence-electron chi connectivity index (χ1n) is 6.74. The Kier molecular flexibility index (Phi) is 3.18. The number of rotatable bonds is 2. The van der Waals surface area contributed by atoms with Crippen molar-refractivity contribution in [2.75, 3.05) is 44.2 Å². The van der Waals surface area contributed by atoms with Crippen LogP contribution in [0.2, 0.25) is 0 Å². The summed E-state index contributed by atoms with van der Waals surface area (Å²) in [4.78, 5) is 13.9. The van der Waals surface area contributed by atoms with Crippen LogP contribution < -0.4 is 10.2 Å². The number of piperazine rings is 1. The Hall–Kier alpha value is -1.20. The highest BCUT2D eigenvalue weighted by Gasteiger charge is 2.33. The molecule has 0 saturated carbocycles. The summed E-state index contributed by atoms with van der Waals surface area (Å²) < 4.78 is 0. The first-order chi connectivity index (χ1) is 8.74.